The quantitative estimate of drug-likeness (QED) is 0.891. The number of rotatable bonds is 5. The average Bonchev–Trinajstić information content (AvgIpc) is 2.42. The highest BCUT2D eigenvalue weighted by Gasteiger charge is 2.10. The Labute approximate surface area is 117 Å². The molecule has 4 heteroatoms. The zero-order valence-corrected chi connectivity index (χ0v) is 11.5. The van der Waals surface area contributed by atoms with Crippen molar-refractivity contribution in [1.82, 2.24) is 0 Å². The zero-order valence-electron chi connectivity index (χ0n) is 11.5. The number of benzene rings is 2. The van der Waals surface area contributed by atoms with Gasteiger partial charge in [0.15, 0.2) is 0 Å². The van der Waals surface area contributed by atoms with E-state index in [1.165, 1.54) is 12.1 Å². The number of halogens is 2. The highest BCUT2D eigenvalue weighted by atomic mass is 19.1. The Morgan fingerprint density at radius 1 is 1.15 bits per heavy atom. The normalized spacial score (nSPS) is 12.0. The van der Waals surface area contributed by atoms with Gasteiger partial charge in [-0.2, -0.15) is 0 Å². The molecule has 0 bridgehead atoms. The van der Waals surface area contributed by atoms with E-state index in [4.69, 9.17) is 4.74 Å². The van der Waals surface area contributed by atoms with Crippen LogP contribution in [0.5, 0.6) is 5.75 Å². The largest absolute Gasteiger partial charge is 0.496 e. The van der Waals surface area contributed by atoms with Gasteiger partial charge in [0.1, 0.15) is 17.4 Å². The Morgan fingerprint density at radius 3 is 2.60 bits per heavy atom. The van der Waals surface area contributed by atoms with Crippen LogP contribution < -0.4 is 10.1 Å². The molecule has 0 aliphatic carbocycles. The van der Waals surface area contributed by atoms with Gasteiger partial charge in [-0.05, 0) is 37.1 Å². The predicted octanol–water partition coefficient (Wildman–Crippen LogP) is 4.02. The van der Waals surface area contributed by atoms with Crippen molar-refractivity contribution in [1.29, 1.82) is 0 Å². The van der Waals surface area contributed by atoms with Crippen LogP contribution in [-0.2, 0) is 6.42 Å². The van der Waals surface area contributed by atoms with Crippen LogP contribution in [0.2, 0.25) is 0 Å². The maximum absolute atomic E-state index is 13.6. The van der Waals surface area contributed by atoms with E-state index in [2.05, 4.69) is 5.32 Å². The van der Waals surface area contributed by atoms with Gasteiger partial charge >= 0.3 is 0 Å². The maximum atomic E-state index is 13.6. The van der Waals surface area contributed by atoms with E-state index >= 15 is 0 Å². The van der Waals surface area contributed by atoms with Crippen molar-refractivity contribution in [2.24, 2.45) is 0 Å². The molecule has 0 aliphatic rings. The summed E-state index contributed by atoms with van der Waals surface area (Å²) in [7, 11) is 1.62. The highest BCUT2D eigenvalue weighted by molar-refractivity contribution is 5.46. The van der Waals surface area contributed by atoms with Gasteiger partial charge in [-0.25, -0.2) is 8.78 Å². The summed E-state index contributed by atoms with van der Waals surface area (Å²) in [5.41, 5.74) is 1.34. The minimum atomic E-state index is -0.586. The van der Waals surface area contributed by atoms with Crippen LogP contribution in [0, 0.1) is 11.6 Å². The van der Waals surface area contributed by atoms with E-state index in [1.54, 1.807) is 7.11 Å². The second kappa shape index (κ2) is 6.37. The van der Waals surface area contributed by atoms with E-state index in [-0.39, 0.29) is 6.04 Å². The molecule has 0 aliphatic heterocycles. The lowest BCUT2D eigenvalue weighted by molar-refractivity contribution is 0.409. The Morgan fingerprint density at radius 2 is 1.90 bits per heavy atom. The van der Waals surface area contributed by atoms with E-state index in [9.17, 15) is 8.78 Å². The van der Waals surface area contributed by atoms with Crippen LogP contribution in [0.4, 0.5) is 14.5 Å². The molecule has 1 unspecified atom stereocenters. The number of anilines is 1. The number of methoxy groups -OCH3 is 1. The second-order valence-corrected chi connectivity index (χ2v) is 4.69. The van der Waals surface area contributed by atoms with Crippen molar-refractivity contribution in [2.45, 2.75) is 19.4 Å². The summed E-state index contributed by atoms with van der Waals surface area (Å²) in [6.07, 6.45) is 0.681. The van der Waals surface area contributed by atoms with Crippen molar-refractivity contribution in [2.75, 3.05) is 12.4 Å². The maximum Gasteiger partial charge on any atom is 0.149 e. The monoisotopic (exact) mass is 277 g/mol. The number of hydrogen-bond donors (Lipinski definition) is 1. The lowest BCUT2D eigenvalue weighted by Gasteiger charge is -2.17. The van der Waals surface area contributed by atoms with Gasteiger partial charge in [-0.1, -0.05) is 18.2 Å². The SMILES string of the molecule is COc1ccccc1CC(C)Nc1ccc(F)cc1F. The van der Waals surface area contributed by atoms with Crippen LogP contribution in [0.3, 0.4) is 0 Å². The van der Waals surface area contributed by atoms with Gasteiger partial charge in [0.25, 0.3) is 0 Å². The molecule has 106 valence electrons. The van der Waals surface area contributed by atoms with Gasteiger partial charge in [-0.15, -0.1) is 0 Å². The molecule has 0 spiro atoms. The third-order valence-electron chi connectivity index (χ3n) is 3.05. The molecular formula is C16H17F2NO. The first kappa shape index (κ1) is 14.3. The van der Waals surface area contributed by atoms with Crippen molar-refractivity contribution >= 4 is 5.69 Å². The molecule has 0 amide bonds. The molecular weight excluding hydrogens is 260 g/mol. The molecule has 20 heavy (non-hydrogen) atoms. The van der Waals surface area contributed by atoms with Crippen molar-refractivity contribution in [3.63, 3.8) is 0 Å². The van der Waals surface area contributed by atoms with Crippen molar-refractivity contribution in [3.05, 3.63) is 59.7 Å². The van der Waals surface area contributed by atoms with Crippen LogP contribution in [0.25, 0.3) is 0 Å². The summed E-state index contributed by atoms with van der Waals surface area (Å²) in [6.45, 7) is 1.94. The summed E-state index contributed by atoms with van der Waals surface area (Å²) < 4.78 is 31.7. The molecule has 2 aromatic rings. The predicted molar refractivity (Wildman–Crippen MR) is 76.1 cm³/mol. The van der Waals surface area contributed by atoms with Crippen LogP contribution in [0.1, 0.15) is 12.5 Å². The Bertz CT molecular complexity index is 586. The first-order valence-electron chi connectivity index (χ1n) is 6.43. The lowest BCUT2D eigenvalue weighted by atomic mass is 10.1. The van der Waals surface area contributed by atoms with E-state index in [1.807, 2.05) is 31.2 Å². The van der Waals surface area contributed by atoms with Gasteiger partial charge < -0.3 is 10.1 Å². The van der Waals surface area contributed by atoms with Gasteiger partial charge in [0.2, 0.25) is 0 Å². The smallest absolute Gasteiger partial charge is 0.149 e. The number of hydrogen-bond acceptors (Lipinski definition) is 2. The first-order chi connectivity index (χ1) is 9.60. The average molecular weight is 277 g/mol. The minimum absolute atomic E-state index is 0.00809. The van der Waals surface area contributed by atoms with Gasteiger partial charge in [0, 0.05) is 12.1 Å². The fraction of sp³-hybridized carbons (Fsp3) is 0.250. The molecule has 2 aromatic carbocycles. The summed E-state index contributed by atoms with van der Waals surface area (Å²) in [4.78, 5) is 0. The summed E-state index contributed by atoms with van der Waals surface area (Å²) >= 11 is 0. The number of ether oxygens (including phenoxy) is 1. The lowest BCUT2D eigenvalue weighted by Crippen LogP contribution is -2.19. The standard InChI is InChI=1S/C16H17F2NO/c1-11(9-12-5-3-4-6-16(12)20-2)19-15-8-7-13(17)10-14(15)18/h3-8,10-11,19H,9H2,1-2H3. The fourth-order valence-corrected chi connectivity index (χ4v) is 2.12. The molecule has 0 radical (unpaired) electrons. The zero-order chi connectivity index (χ0) is 14.5. The van der Waals surface area contributed by atoms with Crippen LogP contribution >= 0.6 is 0 Å². The van der Waals surface area contributed by atoms with Crippen molar-refractivity contribution < 1.29 is 13.5 Å². The molecule has 0 saturated carbocycles. The summed E-state index contributed by atoms with van der Waals surface area (Å²) in [5.74, 6) is -0.358. The molecule has 2 nitrogen and oxygen atoms in total. The van der Waals surface area contributed by atoms with Gasteiger partial charge in [-0.3, -0.25) is 0 Å². The van der Waals surface area contributed by atoms with Gasteiger partial charge in [0.05, 0.1) is 12.8 Å². The van der Waals surface area contributed by atoms with E-state index < -0.39 is 11.6 Å². The third-order valence-corrected chi connectivity index (χ3v) is 3.05. The third kappa shape index (κ3) is 3.47. The Hall–Kier alpha value is -2.10. The number of nitrogens with one attached hydrogen (secondary N) is 1. The van der Waals surface area contributed by atoms with Crippen LogP contribution in [-0.4, -0.2) is 13.2 Å². The summed E-state index contributed by atoms with van der Waals surface area (Å²) in [6, 6.07) is 11.2. The summed E-state index contributed by atoms with van der Waals surface area (Å²) in [5, 5.41) is 3.04. The molecule has 0 saturated heterocycles. The molecule has 0 heterocycles. The molecule has 2 rings (SSSR count). The number of para-hydroxylation sites is 1. The molecule has 1 N–H and O–H groups in total. The fourth-order valence-electron chi connectivity index (χ4n) is 2.12. The molecule has 0 aromatic heterocycles. The second-order valence-electron chi connectivity index (χ2n) is 4.69. The molecule has 0 fully saturated rings. The van der Waals surface area contributed by atoms with E-state index in [0.29, 0.717) is 12.1 Å². The molecule has 1 atom stereocenters. The minimum Gasteiger partial charge on any atom is -0.496 e. The Balaban J connectivity index is 2.07. The highest BCUT2D eigenvalue weighted by Crippen LogP contribution is 2.21. The first-order valence-corrected chi connectivity index (χ1v) is 6.43. The van der Waals surface area contributed by atoms with E-state index in [0.717, 1.165) is 17.4 Å². The van der Waals surface area contributed by atoms with Crippen molar-refractivity contribution in [3.8, 4) is 5.75 Å². The topological polar surface area (TPSA) is 21.3 Å². The van der Waals surface area contributed by atoms with Crippen LogP contribution in [0.15, 0.2) is 42.5 Å². The Kier molecular flexibility index (Phi) is 4.56.